The fourth-order valence-electron chi connectivity index (χ4n) is 1.69. The lowest BCUT2D eigenvalue weighted by Gasteiger charge is -2.18. The summed E-state index contributed by atoms with van der Waals surface area (Å²) in [5, 5.41) is 4.42. The molecule has 1 aromatic carbocycles. The van der Waals surface area contributed by atoms with Gasteiger partial charge in [0.1, 0.15) is 5.75 Å². The summed E-state index contributed by atoms with van der Waals surface area (Å²) < 4.78 is 5.32. The van der Waals surface area contributed by atoms with Gasteiger partial charge in [0, 0.05) is 24.4 Å². The summed E-state index contributed by atoms with van der Waals surface area (Å²) in [5.74, 6) is 2.77. The number of benzene rings is 1. The first kappa shape index (κ1) is 12.3. The van der Waals surface area contributed by atoms with E-state index in [1.54, 1.807) is 18.9 Å². The second-order valence-corrected chi connectivity index (χ2v) is 5.24. The van der Waals surface area contributed by atoms with E-state index in [0.29, 0.717) is 5.92 Å². The number of thioether (sulfide) groups is 1. The fourth-order valence-corrected chi connectivity index (χ4v) is 2.57. The van der Waals surface area contributed by atoms with Gasteiger partial charge in [-0.3, -0.25) is 4.99 Å². The molecule has 92 valence electrons. The van der Waals surface area contributed by atoms with Crippen LogP contribution in [0.3, 0.4) is 0 Å². The summed E-state index contributed by atoms with van der Waals surface area (Å²) >= 11 is 1.80. The number of nitrogens with one attached hydrogen (secondary N) is 1. The molecule has 1 N–H and O–H groups in total. The van der Waals surface area contributed by atoms with Gasteiger partial charge in [0.25, 0.3) is 0 Å². The highest BCUT2D eigenvalue weighted by Crippen LogP contribution is 2.19. The smallest absolute Gasteiger partial charge is 0.156 e. The Balaban J connectivity index is 1.93. The average Bonchev–Trinajstić information content (AvgIpc) is 2.38. The number of nitrogens with zero attached hydrogens (tertiary/aromatic N) is 1. The van der Waals surface area contributed by atoms with Gasteiger partial charge >= 0.3 is 0 Å². The maximum Gasteiger partial charge on any atom is 0.156 e. The summed E-state index contributed by atoms with van der Waals surface area (Å²) in [6.07, 6.45) is 0. The molecule has 0 bridgehead atoms. The van der Waals surface area contributed by atoms with Crippen LogP contribution in [0.15, 0.2) is 29.3 Å². The van der Waals surface area contributed by atoms with Crippen LogP contribution in [0.2, 0.25) is 0 Å². The van der Waals surface area contributed by atoms with Crippen molar-refractivity contribution in [3.8, 4) is 5.75 Å². The molecule has 4 heteroatoms. The van der Waals surface area contributed by atoms with Crippen LogP contribution in [-0.4, -0.2) is 24.6 Å². The summed E-state index contributed by atoms with van der Waals surface area (Å²) in [6, 6.07) is 8.06. The van der Waals surface area contributed by atoms with E-state index in [-0.39, 0.29) is 0 Å². The summed E-state index contributed by atoms with van der Waals surface area (Å²) in [7, 11) is 1.70. The van der Waals surface area contributed by atoms with E-state index in [2.05, 4.69) is 23.3 Å². The van der Waals surface area contributed by atoms with Gasteiger partial charge in [0.2, 0.25) is 0 Å². The first-order valence-corrected chi connectivity index (χ1v) is 6.81. The molecule has 0 saturated carbocycles. The predicted molar refractivity (Wildman–Crippen MR) is 73.8 cm³/mol. The maximum atomic E-state index is 5.32. The topological polar surface area (TPSA) is 33.6 Å². The van der Waals surface area contributed by atoms with Crippen LogP contribution in [0.25, 0.3) is 0 Å². The molecule has 1 aliphatic rings. The highest BCUT2D eigenvalue weighted by molar-refractivity contribution is 8.13. The SMILES string of the molecule is COc1ccccc1CNC1=NCC(C)CS1. The second-order valence-electron chi connectivity index (χ2n) is 4.23. The van der Waals surface area contributed by atoms with Crippen molar-refractivity contribution in [2.45, 2.75) is 13.5 Å². The van der Waals surface area contributed by atoms with Crippen LogP contribution in [0, 0.1) is 5.92 Å². The van der Waals surface area contributed by atoms with E-state index in [0.717, 1.165) is 35.3 Å². The van der Waals surface area contributed by atoms with E-state index in [4.69, 9.17) is 4.74 Å². The number of ether oxygens (including phenoxy) is 1. The molecule has 0 spiro atoms. The van der Waals surface area contributed by atoms with Crippen molar-refractivity contribution in [2.75, 3.05) is 19.4 Å². The standard InChI is InChI=1S/C13H18N2OS/c1-10-7-14-13(17-9-10)15-8-11-5-3-4-6-12(11)16-2/h3-6,10H,7-9H2,1-2H3,(H,14,15). The van der Waals surface area contributed by atoms with Gasteiger partial charge in [-0.25, -0.2) is 0 Å². The van der Waals surface area contributed by atoms with Crippen molar-refractivity contribution in [3.05, 3.63) is 29.8 Å². The van der Waals surface area contributed by atoms with Crippen LogP contribution in [0.5, 0.6) is 5.75 Å². The Kier molecular flexibility index (Phi) is 4.31. The van der Waals surface area contributed by atoms with Crippen LogP contribution in [0.1, 0.15) is 12.5 Å². The fraction of sp³-hybridized carbons (Fsp3) is 0.462. The minimum Gasteiger partial charge on any atom is -0.496 e. The zero-order chi connectivity index (χ0) is 12.1. The molecular weight excluding hydrogens is 232 g/mol. The molecule has 0 aliphatic carbocycles. The third kappa shape index (κ3) is 3.40. The number of amidine groups is 1. The van der Waals surface area contributed by atoms with Crippen molar-refractivity contribution in [2.24, 2.45) is 10.9 Å². The van der Waals surface area contributed by atoms with Gasteiger partial charge < -0.3 is 10.1 Å². The summed E-state index contributed by atoms with van der Waals surface area (Å²) in [6.45, 7) is 3.93. The van der Waals surface area contributed by atoms with Gasteiger partial charge in [-0.15, -0.1) is 0 Å². The Morgan fingerprint density at radius 1 is 1.47 bits per heavy atom. The zero-order valence-electron chi connectivity index (χ0n) is 10.3. The van der Waals surface area contributed by atoms with Crippen molar-refractivity contribution in [3.63, 3.8) is 0 Å². The first-order valence-electron chi connectivity index (χ1n) is 5.82. The van der Waals surface area contributed by atoms with Gasteiger partial charge in [-0.05, 0) is 12.0 Å². The number of methoxy groups -OCH3 is 1. The Hall–Kier alpha value is -1.16. The largest absolute Gasteiger partial charge is 0.496 e. The van der Waals surface area contributed by atoms with Crippen molar-refractivity contribution in [1.29, 1.82) is 0 Å². The molecule has 3 nitrogen and oxygen atoms in total. The van der Waals surface area contributed by atoms with Gasteiger partial charge in [0.05, 0.1) is 7.11 Å². The molecule has 0 amide bonds. The van der Waals surface area contributed by atoms with Gasteiger partial charge in [-0.2, -0.15) is 0 Å². The van der Waals surface area contributed by atoms with Crippen LogP contribution in [-0.2, 0) is 6.54 Å². The van der Waals surface area contributed by atoms with E-state index < -0.39 is 0 Å². The lowest BCUT2D eigenvalue weighted by Crippen LogP contribution is -2.25. The molecule has 1 heterocycles. The molecule has 2 rings (SSSR count). The first-order chi connectivity index (χ1) is 8.29. The molecule has 1 aromatic rings. The van der Waals surface area contributed by atoms with E-state index >= 15 is 0 Å². The third-order valence-electron chi connectivity index (χ3n) is 2.67. The summed E-state index contributed by atoms with van der Waals surface area (Å²) in [5.41, 5.74) is 1.16. The van der Waals surface area contributed by atoms with Crippen molar-refractivity contribution >= 4 is 16.9 Å². The van der Waals surface area contributed by atoms with Crippen LogP contribution in [0.4, 0.5) is 0 Å². The highest BCUT2D eigenvalue weighted by atomic mass is 32.2. The van der Waals surface area contributed by atoms with Crippen LogP contribution >= 0.6 is 11.8 Å². The number of para-hydroxylation sites is 1. The maximum absolute atomic E-state index is 5.32. The van der Waals surface area contributed by atoms with Gasteiger partial charge in [-0.1, -0.05) is 36.9 Å². The third-order valence-corrected chi connectivity index (χ3v) is 3.96. The summed E-state index contributed by atoms with van der Waals surface area (Å²) in [4.78, 5) is 4.51. The zero-order valence-corrected chi connectivity index (χ0v) is 11.1. The van der Waals surface area contributed by atoms with Crippen LogP contribution < -0.4 is 10.1 Å². The lowest BCUT2D eigenvalue weighted by atomic mass is 10.2. The monoisotopic (exact) mass is 250 g/mol. The van der Waals surface area contributed by atoms with E-state index in [1.807, 2.05) is 18.2 Å². The molecule has 0 aromatic heterocycles. The highest BCUT2D eigenvalue weighted by Gasteiger charge is 2.12. The molecule has 17 heavy (non-hydrogen) atoms. The minimum atomic E-state index is 0.691. The van der Waals surface area contributed by atoms with Crippen molar-refractivity contribution < 1.29 is 4.74 Å². The Bertz CT molecular complexity index is 406. The Morgan fingerprint density at radius 3 is 3.00 bits per heavy atom. The number of hydrogen-bond donors (Lipinski definition) is 1. The average molecular weight is 250 g/mol. The normalized spacial score (nSPS) is 19.6. The molecule has 1 unspecified atom stereocenters. The van der Waals surface area contributed by atoms with E-state index in [9.17, 15) is 0 Å². The molecule has 1 atom stereocenters. The van der Waals surface area contributed by atoms with E-state index in [1.165, 1.54) is 0 Å². The number of rotatable bonds is 3. The molecule has 0 radical (unpaired) electrons. The lowest BCUT2D eigenvalue weighted by molar-refractivity contribution is 0.409. The Labute approximate surface area is 107 Å². The Morgan fingerprint density at radius 2 is 2.29 bits per heavy atom. The number of aliphatic imine (C=N–C) groups is 1. The minimum absolute atomic E-state index is 0.691. The number of hydrogen-bond acceptors (Lipinski definition) is 4. The van der Waals surface area contributed by atoms with Gasteiger partial charge in [0.15, 0.2) is 5.17 Å². The molecule has 0 fully saturated rings. The predicted octanol–water partition coefficient (Wildman–Crippen LogP) is 2.52. The second kappa shape index (κ2) is 5.96. The molecular formula is C13H18N2OS. The molecule has 0 saturated heterocycles. The van der Waals surface area contributed by atoms with Crippen molar-refractivity contribution in [1.82, 2.24) is 5.32 Å². The quantitative estimate of drug-likeness (QED) is 0.895. The molecule has 1 aliphatic heterocycles.